The summed E-state index contributed by atoms with van der Waals surface area (Å²) in [4.78, 5) is 13.5. The van der Waals surface area contributed by atoms with Gasteiger partial charge in [-0.25, -0.2) is 9.97 Å². The van der Waals surface area contributed by atoms with Crippen LogP contribution in [0.2, 0.25) is 0 Å². The van der Waals surface area contributed by atoms with E-state index >= 15 is 0 Å². The van der Waals surface area contributed by atoms with E-state index in [1.807, 2.05) is 6.07 Å². The minimum Gasteiger partial charge on any atom is -0.378 e. The van der Waals surface area contributed by atoms with E-state index in [1.165, 1.54) is 5.56 Å². The van der Waals surface area contributed by atoms with Crippen molar-refractivity contribution in [2.24, 2.45) is 0 Å². The van der Waals surface area contributed by atoms with Crippen LogP contribution in [0.3, 0.4) is 0 Å². The standard InChI is InChI=1S/C18H24N4O/c1-15(2)22(13-16-6-4-3-5-7-16)18-12-17(19-14-20-18)21-8-10-23-11-9-21/h3-7,12,14-15H,8-11,13H2,1-2H3. The van der Waals surface area contributed by atoms with Gasteiger partial charge in [0.15, 0.2) is 0 Å². The minimum atomic E-state index is 0.364. The summed E-state index contributed by atoms with van der Waals surface area (Å²) in [6.45, 7) is 8.53. The molecule has 1 fully saturated rings. The van der Waals surface area contributed by atoms with Crippen LogP contribution in [-0.2, 0) is 11.3 Å². The van der Waals surface area contributed by atoms with Crippen molar-refractivity contribution in [3.05, 3.63) is 48.3 Å². The first-order valence-corrected chi connectivity index (χ1v) is 8.19. The molecule has 0 spiro atoms. The van der Waals surface area contributed by atoms with Gasteiger partial charge in [-0.05, 0) is 19.4 Å². The molecule has 0 aliphatic carbocycles. The number of morpholine rings is 1. The predicted molar refractivity (Wildman–Crippen MR) is 92.8 cm³/mol. The highest BCUT2D eigenvalue weighted by Gasteiger charge is 2.17. The van der Waals surface area contributed by atoms with E-state index in [2.05, 4.69) is 63.9 Å². The van der Waals surface area contributed by atoms with Crippen LogP contribution in [0, 0.1) is 0 Å². The van der Waals surface area contributed by atoms with Crippen LogP contribution in [0.25, 0.3) is 0 Å². The lowest BCUT2D eigenvalue weighted by Gasteiger charge is -2.31. The Hall–Kier alpha value is -2.14. The molecular formula is C18H24N4O. The second-order valence-electron chi connectivity index (χ2n) is 6.04. The highest BCUT2D eigenvalue weighted by atomic mass is 16.5. The summed E-state index contributed by atoms with van der Waals surface area (Å²) in [5, 5.41) is 0. The van der Waals surface area contributed by atoms with E-state index in [-0.39, 0.29) is 0 Å². The van der Waals surface area contributed by atoms with E-state index < -0.39 is 0 Å². The van der Waals surface area contributed by atoms with E-state index in [0.717, 1.165) is 44.5 Å². The van der Waals surface area contributed by atoms with Gasteiger partial charge in [-0.2, -0.15) is 0 Å². The van der Waals surface area contributed by atoms with E-state index in [1.54, 1.807) is 6.33 Å². The zero-order valence-electron chi connectivity index (χ0n) is 13.9. The number of aromatic nitrogens is 2. The average Bonchev–Trinajstić information content (AvgIpc) is 2.61. The Bertz CT molecular complexity index is 611. The summed E-state index contributed by atoms with van der Waals surface area (Å²) < 4.78 is 5.42. The fraction of sp³-hybridized carbons (Fsp3) is 0.444. The predicted octanol–water partition coefficient (Wildman–Crippen LogP) is 2.73. The molecule has 0 saturated carbocycles. The van der Waals surface area contributed by atoms with Crippen molar-refractivity contribution in [1.29, 1.82) is 0 Å². The number of hydrogen-bond acceptors (Lipinski definition) is 5. The summed E-state index contributed by atoms with van der Waals surface area (Å²) in [5.74, 6) is 1.96. The van der Waals surface area contributed by atoms with Crippen LogP contribution in [0.5, 0.6) is 0 Å². The third-order valence-corrected chi connectivity index (χ3v) is 4.09. The molecule has 5 nitrogen and oxygen atoms in total. The van der Waals surface area contributed by atoms with Gasteiger partial charge >= 0.3 is 0 Å². The molecule has 1 aromatic heterocycles. The Morgan fingerprint density at radius 2 is 1.87 bits per heavy atom. The molecule has 1 aromatic carbocycles. The SMILES string of the molecule is CC(C)N(Cc1ccccc1)c1cc(N2CCOCC2)ncn1. The van der Waals surface area contributed by atoms with Crippen LogP contribution >= 0.6 is 0 Å². The molecule has 2 aromatic rings. The highest BCUT2D eigenvalue weighted by Crippen LogP contribution is 2.22. The van der Waals surface area contributed by atoms with Gasteiger partial charge in [0.1, 0.15) is 18.0 Å². The molecule has 2 heterocycles. The van der Waals surface area contributed by atoms with Crippen LogP contribution in [0.1, 0.15) is 19.4 Å². The molecule has 0 radical (unpaired) electrons. The van der Waals surface area contributed by atoms with Crippen LogP contribution in [-0.4, -0.2) is 42.3 Å². The molecule has 1 saturated heterocycles. The van der Waals surface area contributed by atoms with Crippen molar-refractivity contribution in [2.75, 3.05) is 36.1 Å². The first-order chi connectivity index (χ1) is 11.2. The van der Waals surface area contributed by atoms with Gasteiger partial charge in [-0.1, -0.05) is 30.3 Å². The molecule has 1 aliphatic heterocycles. The molecule has 3 rings (SSSR count). The topological polar surface area (TPSA) is 41.5 Å². The van der Waals surface area contributed by atoms with Crippen LogP contribution < -0.4 is 9.80 Å². The van der Waals surface area contributed by atoms with Gasteiger partial charge in [0.2, 0.25) is 0 Å². The summed E-state index contributed by atoms with van der Waals surface area (Å²) in [5.41, 5.74) is 1.28. The Labute approximate surface area is 137 Å². The number of rotatable bonds is 5. The van der Waals surface area contributed by atoms with Gasteiger partial charge in [0.25, 0.3) is 0 Å². The number of hydrogen-bond donors (Lipinski definition) is 0. The van der Waals surface area contributed by atoms with Crippen molar-refractivity contribution < 1.29 is 4.74 Å². The normalized spacial score (nSPS) is 15.0. The largest absolute Gasteiger partial charge is 0.378 e. The van der Waals surface area contributed by atoms with Crippen molar-refractivity contribution >= 4 is 11.6 Å². The number of ether oxygens (including phenoxy) is 1. The Kier molecular flexibility index (Phi) is 5.08. The maximum Gasteiger partial charge on any atom is 0.134 e. The van der Waals surface area contributed by atoms with Crippen molar-refractivity contribution in [2.45, 2.75) is 26.4 Å². The third kappa shape index (κ3) is 3.99. The fourth-order valence-electron chi connectivity index (χ4n) is 2.77. The number of anilines is 2. The molecule has 0 N–H and O–H groups in total. The summed E-state index contributed by atoms with van der Waals surface area (Å²) >= 11 is 0. The molecule has 23 heavy (non-hydrogen) atoms. The van der Waals surface area contributed by atoms with Gasteiger partial charge in [-0.3, -0.25) is 0 Å². The summed E-state index contributed by atoms with van der Waals surface area (Å²) in [6.07, 6.45) is 1.67. The van der Waals surface area contributed by atoms with Crippen LogP contribution in [0.4, 0.5) is 11.6 Å². The summed E-state index contributed by atoms with van der Waals surface area (Å²) in [7, 11) is 0. The first-order valence-electron chi connectivity index (χ1n) is 8.19. The first kappa shape index (κ1) is 15.7. The molecule has 0 amide bonds. The Morgan fingerprint density at radius 1 is 1.13 bits per heavy atom. The monoisotopic (exact) mass is 312 g/mol. The zero-order chi connectivity index (χ0) is 16.1. The van der Waals surface area contributed by atoms with Gasteiger partial charge in [-0.15, -0.1) is 0 Å². The minimum absolute atomic E-state index is 0.364. The molecule has 1 aliphatic rings. The highest BCUT2D eigenvalue weighted by molar-refractivity contribution is 5.51. The molecule has 5 heteroatoms. The zero-order valence-corrected chi connectivity index (χ0v) is 13.9. The van der Waals surface area contributed by atoms with Crippen LogP contribution in [0.15, 0.2) is 42.7 Å². The quantitative estimate of drug-likeness (QED) is 0.849. The smallest absolute Gasteiger partial charge is 0.134 e. The molecule has 0 unspecified atom stereocenters. The molecular weight excluding hydrogens is 288 g/mol. The maximum absolute atomic E-state index is 5.42. The van der Waals surface area contributed by atoms with Crippen molar-refractivity contribution in [1.82, 2.24) is 9.97 Å². The van der Waals surface area contributed by atoms with E-state index in [0.29, 0.717) is 6.04 Å². The van der Waals surface area contributed by atoms with E-state index in [4.69, 9.17) is 4.74 Å². The van der Waals surface area contributed by atoms with Gasteiger partial charge < -0.3 is 14.5 Å². The van der Waals surface area contributed by atoms with E-state index in [9.17, 15) is 0 Å². The Morgan fingerprint density at radius 3 is 2.57 bits per heavy atom. The molecule has 0 atom stereocenters. The lowest BCUT2D eigenvalue weighted by Crippen LogP contribution is -2.37. The maximum atomic E-state index is 5.42. The van der Waals surface area contributed by atoms with Crippen molar-refractivity contribution in [3.8, 4) is 0 Å². The number of benzene rings is 1. The fourth-order valence-corrected chi connectivity index (χ4v) is 2.77. The second-order valence-corrected chi connectivity index (χ2v) is 6.04. The lowest BCUT2D eigenvalue weighted by atomic mass is 10.2. The second kappa shape index (κ2) is 7.42. The Balaban J connectivity index is 1.82. The summed E-state index contributed by atoms with van der Waals surface area (Å²) in [6, 6.07) is 13.0. The van der Waals surface area contributed by atoms with Gasteiger partial charge in [0.05, 0.1) is 13.2 Å². The van der Waals surface area contributed by atoms with Gasteiger partial charge in [0, 0.05) is 31.7 Å². The number of nitrogens with zero attached hydrogens (tertiary/aromatic N) is 4. The van der Waals surface area contributed by atoms with Crippen molar-refractivity contribution in [3.63, 3.8) is 0 Å². The molecule has 122 valence electrons. The lowest BCUT2D eigenvalue weighted by molar-refractivity contribution is 0.122. The molecule has 0 bridgehead atoms. The average molecular weight is 312 g/mol. The third-order valence-electron chi connectivity index (χ3n) is 4.09.